The van der Waals surface area contributed by atoms with Crippen LogP contribution in [-0.2, 0) is 6.42 Å². The van der Waals surface area contributed by atoms with E-state index in [0.717, 1.165) is 25.2 Å². The average Bonchev–Trinajstić information content (AvgIpc) is 2.53. The molecule has 21 heavy (non-hydrogen) atoms. The summed E-state index contributed by atoms with van der Waals surface area (Å²) in [5.41, 5.74) is 3.73. The van der Waals surface area contributed by atoms with Gasteiger partial charge in [-0.1, -0.05) is 24.3 Å². The summed E-state index contributed by atoms with van der Waals surface area (Å²) in [6.45, 7) is 1.73. The summed E-state index contributed by atoms with van der Waals surface area (Å²) in [6.07, 6.45) is 1.06. The third kappa shape index (κ3) is 3.03. The van der Waals surface area contributed by atoms with E-state index in [4.69, 9.17) is 0 Å². The number of non-ortho nitro benzene ring substituents is 1. The van der Waals surface area contributed by atoms with Gasteiger partial charge in [0.2, 0.25) is 0 Å². The lowest BCUT2D eigenvalue weighted by Gasteiger charge is -2.27. The molecule has 0 fully saturated rings. The van der Waals surface area contributed by atoms with Gasteiger partial charge < -0.3 is 10.6 Å². The zero-order valence-electron chi connectivity index (χ0n) is 11.6. The van der Waals surface area contributed by atoms with E-state index >= 15 is 0 Å². The molecule has 0 amide bonds. The zero-order valence-corrected chi connectivity index (χ0v) is 11.6. The Morgan fingerprint density at radius 3 is 2.71 bits per heavy atom. The van der Waals surface area contributed by atoms with E-state index < -0.39 is 0 Å². The van der Waals surface area contributed by atoms with Gasteiger partial charge in [0.25, 0.3) is 5.69 Å². The Morgan fingerprint density at radius 2 is 1.95 bits per heavy atom. The van der Waals surface area contributed by atoms with Crippen LogP contribution in [0.4, 0.5) is 11.4 Å². The Bertz CT molecular complexity index is 640. The number of rotatable bonds is 4. The summed E-state index contributed by atoms with van der Waals surface area (Å²) in [5.74, 6) is 0. The Kier molecular flexibility index (Phi) is 3.83. The largest absolute Gasteiger partial charge is 0.383 e. The van der Waals surface area contributed by atoms with Crippen LogP contribution in [0.5, 0.6) is 0 Å². The maximum atomic E-state index is 10.6. The number of fused-ring (bicyclic) bond motifs is 1. The van der Waals surface area contributed by atoms with Crippen LogP contribution in [-0.4, -0.2) is 18.0 Å². The number of nitro groups is 1. The van der Waals surface area contributed by atoms with Crippen molar-refractivity contribution in [3.63, 3.8) is 0 Å². The molecular formula is C16H17N3O2. The summed E-state index contributed by atoms with van der Waals surface area (Å²) >= 11 is 0. The molecule has 2 aromatic carbocycles. The highest BCUT2D eigenvalue weighted by Crippen LogP contribution is 2.23. The molecule has 2 N–H and O–H groups in total. The van der Waals surface area contributed by atoms with E-state index in [-0.39, 0.29) is 16.7 Å². The van der Waals surface area contributed by atoms with Crippen molar-refractivity contribution in [2.24, 2.45) is 0 Å². The summed E-state index contributed by atoms with van der Waals surface area (Å²) in [5, 5.41) is 17.5. The second-order valence-corrected chi connectivity index (χ2v) is 5.14. The second kappa shape index (κ2) is 5.93. The normalized spacial score (nSPS) is 17.0. The second-order valence-electron chi connectivity index (χ2n) is 5.14. The van der Waals surface area contributed by atoms with Crippen molar-refractivity contribution >= 4 is 11.4 Å². The van der Waals surface area contributed by atoms with Gasteiger partial charge in [0.1, 0.15) is 0 Å². The molecule has 1 atom stereocenters. The third-order valence-corrected chi connectivity index (χ3v) is 3.80. The third-order valence-electron chi connectivity index (χ3n) is 3.80. The van der Waals surface area contributed by atoms with Crippen LogP contribution in [0.15, 0.2) is 48.5 Å². The van der Waals surface area contributed by atoms with E-state index in [1.165, 1.54) is 23.3 Å². The van der Waals surface area contributed by atoms with Crippen LogP contribution in [0.2, 0.25) is 0 Å². The molecule has 1 heterocycles. The molecule has 0 spiro atoms. The first-order chi connectivity index (χ1) is 10.2. The van der Waals surface area contributed by atoms with E-state index in [1.54, 1.807) is 12.1 Å². The first-order valence-corrected chi connectivity index (χ1v) is 7.03. The standard InChI is InChI=1S/C16H17N3O2/c20-19(21)14-7-5-13(6-8-14)18-11-16-15-4-2-1-3-12(15)9-10-17-16/h1-8,16-18H,9-11H2. The molecule has 1 aliphatic rings. The Labute approximate surface area is 123 Å². The van der Waals surface area contributed by atoms with Crippen molar-refractivity contribution in [3.05, 3.63) is 69.8 Å². The van der Waals surface area contributed by atoms with Crippen LogP contribution < -0.4 is 10.6 Å². The number of hydrogen-bond donors (Lipinski definition) is 2. The first-order valence-electron chi connectivity index (χ1n) is 7.03. The molecule has 5 nitrogen and oxygen atoms in total. The molecule has 3 rings (SSSR count). The van der Waals surface area contributed by atoms with Crippen LogP contribution in [0.3, 0.4) is 0 Å². The molecule has 0 aliphatic carbocycles. The van der Waals surface area contributed by atoms with Crippen molar-refractivity contribution in [2.45, 2.75) is 12.5 Å². The molecule has 0 bridgehead atoms. The van der Waals surface area contributed by atoms with Crippen molar-refractivity contribution in [3.8, 4) is 0 Å². The van der Waals surface area contributed by atoms with Gasteiger partial charge in [-0.05, 0) is 36.2 Å². The first kappa shape index (κ1) is 13.6. The Hall–Kier alpha value is -2.40. The predicted molar refractivity (Wildman–Crippen MR) is 82.5 cm³/mol. The molecule has 0 radical (unpaired) electrons. The van der Waals surface area contributed by atoms with Crippen molar-refractivity contribution < 1.29 is 4.92 Å². The van der Waals surface area contributed by atoms with Crippen molar-refractivity contribution in [2.75, 3.05) is 18.4 Å². The van der Waals surface area contributed by atoms with Gasteiger partial charge in [0.15, 0.2) is 0 Å². The van der Waals surface area contributed by atoms with Gasteiger partial charge in [-0.15, -0.1) is 0 Å². The zero-order chi connectivity index (χ0) is 14.7. The minimum Gasteiger partial charge on any atom is -0.383 e. The van der Waals surface area contributed by atoms with Gasteiger partial charge in [-0.25, -0.2) is 0 Å². The minimum absolute atomic E-state index is 0.113. The van der Waals surface area contributed by atoms with Gasteiger partial charge in [-0.3, -0.25) is 10.1 Å². The molecule has 0 saturated heterocycles. The van der Waals surface area contributed by atoms with Crippen LogP contribution in [0, 0.1) is 10.1 Å². The predicted octanol–water partition coefficient (Wildman–Crippen LogP) is 2.89. The number of anilines is 1. The lowest BCUT2D eigenvalue weighted by molar-refractivity contribution is -0.384. The number of benzene rings is 2. The van der Waals surface area contributed by atoms with Gasteiger partial charge in [-0.2, -0.15) is 0 Å². The van der Waals surface area contributed by atoms with Crippen LogP contribution in [0.1, 0.15) is 17.2 Å². The van der Waals surface area contributed by atoms with Gasteiger partial charge in [0, 0.05) is 30.4 Å². The lowest BCUT2D eigenvalue weighted by Crippen LogP contribution is -2.34. The highest BCUT2D eigenvalue weighted by molar-refractivity contribution is 5.49. The average molecular weight is 283 g/mol. The molecule has 2 aromatic rings. The highest BCUT2D eigenvalue weighted by Gasteiger charge is 2.18. The fourth-order valence-electron chi connectivity index (χ4n) is 2.70. The van der Waals surface area contributed by atoms with Gasteiger partial charge >= 0.3 is 0 Å². The summed E-state index contributed by atoms with van der Waals surface area (Å²) in [4.78, 5) is 10.2. The molecule has 1 aliphatic heterocycles. The molecule has 0 aromatic heterocycles. The quantitative estimate of drug-likeness (QED) is 0.669. The smallest absolute Gasteiger partial charge is 0.269 e. The summed E-state index contributed by atoms with van der Waals surface area (Å²) in [7, 11) is 0. The van der Waals surface area contributed by atoms with E-state index in [9.17, 15) is 10.1 Å². The maximum absolute atomic E-state index is 10.6. The minimum atomic E-state index is -0.386. The van der Waals surface area contributed by atoms with E-state index in [1.807, 2.05) is 0 Å². The summed E-state index contributed by atoms with van der Waals surface area (Å²) < 4.78 is 0. The fraction of sp³-hybridized carbons (Fsp3) is 0.250. The maximum Gasteiger partial charge on any atom is 0.269 e. The monoisotopic (exact) mass is 283 g/mol. The lowest BCUT2D eigenvalue weighted by atomic mass is 9.94. The summed E-state index contributed by atoms with van der Waals surface area (Å²) in [6, 6.07) is 15.3. The highest BCUT2D eigenvalue weighted by atomic mass is 16.6. The van der Waals surface area contributed by atoms with Crippen LogP contribution >= 0.6 is 0 Å². The molecule has 108 valence electrons. The van der Waals surface area contributed by atoms with Crippen LogP contribution in [0.25, 0.3) is 0 Å². The van der Waals surface area contributed by atoms with Gasteiger partial charge in [0.05, 0.1) is 4.92 Å². The molecule has 1 unspecified atom stereocenters. The topological polar surface area (TPSA) is 67.2 Å². The number of nitrogens with one attached hydrogen (secondary N) is 2. The molecular weight excluding hydrogens is 266 g/mol. The van der Waals surface area contributed by atoms with Crippen molar-refractivity contribution in [1.82, 2.24) is 5.32 Å². The molecule has 0 saturated carbocycles. The SMILES string of the molecule is O=[N+]([O-])c1ccc(NCC2NCCc3ccccc32)cc1. The number of nitro benzene ring substituents is 1. The molecule has 5 heteroatoms. The number of nitrogens with zero attached hydrogens (tertiary/aromatic N) is 1. The Balaban J connectivity index is 1.67. The number of hydrogen-bond acceptors (Lipinski definition) is 4. The van der Waals surface area contributed by atoms with Crippen molar-refractivity contribution in [1.29, 1.82) is 0 Å². The van der Waals surface area contributed by atoms with E-state index in [0.29, 0.717) is 0 Å². The Morgan fingerprint density at radius 1 is 1.19 bits per heavy atom. The fourth-order valence-corrected chi connectivity index (χ4v) is 2.70. The van der Waals surface area contributed by atoms with E-state index in [2.05, 4.69) is 34.9 Å².